The summed E-state index contributed by atoms with van der Waals surface area (Å²) in [6.45, 7) is 4.05. The molecule has 1 aromatic heterocycles. The number of nitrogens with zero attached hydrogens (tertiary/aromatic N) is 2. The molecule has 1 heterocycles. The molecule has 5 nitrogen and oxygen atoms in total. The summed E-state index contributed by atoms with van der Waals surface area (Å²) in [5, 5.41) is 10.6. The summed E-state index contributed by atoms with van der Waals surface area (Å²) in [6.07, 6.45) is 4.12. The van der Waals surface area contributed by atoms with Crippen molar-refractivity contribution in [1.29, 1.82) is 5.41 Å². The number of anilines is 1. The lowest BCUT2D eigenvalue weighted by Gasteiger charge is -2.13. The molecular weight excluding hydrogens is 202 g/mol. The van der Waals surface area contributed by atoms with Gasteiger partial charge in [-0.1, -0.05) is 0 Å². The smallest absolute Gasteiger partial charge is 0.156 e. The predicted octanol–water partition coefficient (Wildman–Crippen LogP) is 1.46. The third-order valence-electron chi connectivity index (χ3n) is 2.47. The zero-order valence-electron chi connectivity index (χ0n) is 9.62. The van der Waals surface area contributed by atoms with E-state index in [0.29, 0.717) is 17.4 Å². The molecule has 0 unspecified atom stereocenters. The van der Waals surface area contributed by atoms with Crippen LogP contribution < -0.4 is 11.1 Å². The molecule has 5 heteroatoms. The Bertz CT molecular complexity index is 409. The van der Waals surface area contributed by atoms with Gasteiger partial charge in [0.15, 0.2) is 5.82 Å². The number of aromatic nitrogens is 2. The molecule has 0 atom stereocenters. The zero-order chi connectivity index (χ0) is 11.7. The van der Waals surface area contributed by atoms with Crippen molar-refractivity contribution in [1.82, 2.24) is 9.97 Å². The molecule has 0 radical (unpaired) electrons. The van der Waals surface area contributed by atoms with Crippen LogP contribution in [0.5, 0.6) is 0 Å². The van der Waals surface area contributed by atoms with Gasteiger partial charge in [0.25, 0.3) is 0 Å². The van der Waals surface area contributed by atoms with Crippen LogP contribution in [-0.2, 0) is 0 Å². The number of nitrogen functional groups attached to an aromatic ring is 1. The Hall–Kier alpha value is -1.65. The maximum Gasteiger partial charge on any atom is 0.156 e. The lowest BCUT2D eigenvalue weighted by molar-refractivity contribution is 0.871. The van der Waals surface area contributed by atoms with E-state index in [0.717, 1.165) is 5.69 Å². The lowest BCUT2D eigenvalue weighted by Crippen LogP contribution is -2.21. The number of hydrogen-bond acceptors (Lipinski definition) is 4. The SMILES string of the molecule is CC(C)Nc1nc(C2CC2)cnc1C(=N)N. The number of nitrogens with two attached hydrogens (primary N) is 1. The van der Waals surface area contributed by atoms with Crippen molar-refractivity contribution in [3.05, 3.63) is 17.6 Å². The van der Waals surface area contributed by atoms with E-state index in [1.165, 1.54) is 12.8 Å². The van der Waals surface area contributed by atoms with E-state index in [1.807, 2.05) is 13.8 Å². The molecule has 0 bridgehead atoms. The normalized spacial score (nSPS) is 15.2. The Morgan fingerprint density at radius 3 is 2.75 bits per heavy atom. The van der Waals surface area contributed by atoms with Gasteiger partial charge in [0.2, 0.25) is 0 Å². The summed E-state index contributed by atoms with van der Waals surface area (Å²) in [5.74, 6) is 1.14. The Labute approximate surface area is 95.0 Å². The van der Waals surface area contributed by atoms with Crippen LogP contribution in [0.4, 0.5) is 5.82 Å². The van der Waals surface area contributed by atoms with E-state index >= 15 is 0 Å². The summed E-state index contributed by atoms with van der Waals surface area (Å²) in [6, 6.07) is 0.252. The monoisotopic (exact) mass is 219 g/mol. The van der Waals surface area contributed by atoms with E-state index < -0.39 is 0 Å². The molecule has 4 N–H and O–H groups in total. The summed E-state index contributed by atoms with van der Waals surface area (Å²) in [4.78, 5) is 8.72. The maximum absolute atomic E-state index is 7.45. The van der Waals surface area contributed by atoms with Gasteiger partial charge in [-0.2, -0.15) is 0 Å². The minimum absolute atomic E-state index is 0.0435. The van der Waals surface area contributed by atoms with Crippen LogP contribution in [-0.4, -0.2) is 21.8 Å². The molecule has 86 valence electrons. The number of amidine groups is 1. The Balaban J connectivity index is 2.33. The Morgan fingerprint density at radius 2 is 2.25 bits per heavy atom. The zero-order valence-corrected chi connectivity index (χ0v) is 9.62. The first-order chi connectivity index (χ1) is 7.58. The first-order valence-corrected chi connectivity index (χ1v) is 5.55. The molecule has 0 aromatic carbocycles. The van der Waals surface area contributed by atoms with Gasteiger partial charge in [-0.15, -0.1) is 0 Å². The lowest BCUT2D eigenvalue weighted by atomic mass is 10.2. The molecule has 1 aliphatic rings. The minimum Gasteiger partial charge on any atom is -0.382 e. The average Bonchev–Trinajstić information content (AvgIpc) is 2.99. The summed E-state index contributed by atoms with van der Waals surface area (Å²) < 4.78 is 0. The Kier molecular flexibility index (Phi) is 2.77. The van der Waals surface area contributed by atoms with Crippen LogP contribution in [0.1, 0.15) is 44.0 Å². The largest absolute Gasteiger partial charge is 0.382 e. The molecule has 2 rings (SSSR count). The van der Waals surface area contributed by atoms with Gasteiger partial charge in [-0.05, 0) is 26.7 Å². The number of nitrogens with one attached hydrogen (secondary N) is 2. The topological polar surface area (TPSA) is 87.7 Å². The molecule has 0 spiro atoms. The maximum atomic E-state index is 7.45. The van der Waals surface area contributed by atoms with Gasteiger partial charge in [0.05, 0.1) is 5.69 Å². The van der Waals surface area contributed by atoms with Crippen molar-refractivity contribution in [3.8, 4) is 0 Å². The van der Waals surface area contributed by atoms with Crippen LogP contribution in [0.3, 0.4) is 0 Å². The van der Waals surface area contributed by atoms with Crippen LogP contribution in [0, 0.1) is 5.41 Å². The van der Waals surface area contributed by atoms with Crippen LogP contribution >= 0.6 is 0 Å². The first-order valence-electron chi connectivity index (χ1n) is 5.55. The third-order valence-corrected chi connectivity index (χ3v) is 2.47. The molecular formula is C11H17N5. The first kappa shape index (κ1) is 10.9. The van der Waals surface area contributed by atoms with Gasteiger partial charge < -0.3 is 11.1 Å². The molecule has 0 amide bonds. The van der Waals surface area contributed by atoms with Gasteiger partial charge >= 0.3 is 0 Å². The fraction of sp³-hybridized carbons (Fsp3) is 0.545. The van der Waals surface area contributed by atoms with Gasteiger partial charge in [0.1, 0.15) is 11.5 Å². The van der Waals surface area contributed by atoms with Crippen molar-refractivity contribution in [2.75, 3.05) is 5.32 Å². The van der Waals surface area contributed by atoms with E-state index in [4.69, 9.17) is 11.1 Å². The third kappa shape index (κ3) is 2.29. The molecule has 0 saturated heterocycles. The highest BCUT2D eigenvalue weighted by atomic mass is 15.1. The Morgan fingerprint density at radius 1 is 1.56 bits per heavy atom. The van der Waals surface area contributed by atoms with Gasteiger partial charge in [-0.3, -0.25) is 5.41 Å². The van der Waals surface area contributed by atoms with Crippen LogP contribution in [0.25, 0.3) is 0 Å². The second-order valence-electron chi connectivity index (χ2n) is 4.48. The summed E-state index contributed by atoms with van der Waals surface area (Å²) in [7, 11) is 0. The van der Waals surface area contributed by atoms with Gasteiger partial charge in [0, 0.05) is 18.2 Å². The van der Waals surface area contributed by atoms with E-state index in [1.54, 1.807) is 6.20 Å². The minimum atomic E-state index is -0.0435. The fourth-order valence-corrected chi connectivity index (χ4v) is 1.55. The van der Waals surface area contributed by atoms with Crippen molar-refractivity contribution >= 4 is 11.7 Å². The molecule has 1 aromatic rings. The molecule has 0 aliphatic heterocycles. The van der Waals surface area contributed by atoms with Crippen LogP contribution in [0.2, 0.25) is 0 Å². The van der Waals surface area contributed by atoms with Crippen molar-refractivity contribution in [2.24, 2.45) is 5.73 Å². The van der Waals surface area contributed by atoms with Crippen molar-refractivity contribution in [2.45, 2.75) is 38.6 Å². The highest BCUT2D eigenvalue weighted by Gasteiger charge is 2.26. The number of hydrogen-bond donors (Lipinski definition) is 3. The quantitative estimate of drug-likeness (QED) is 0.528. The van der Waals surface area contributed by atoms with E-state index in [9.17, 15) is 0 Å². The predicted molar refractivity (Wildman–Crippen MR) is 63.8 cm³/mol. The molecule has 1 saturated carbocycles. The van der Waals surface area contributed by atoms with Gasteiger partial charge in [-0.25, -0.2) is 9.97 Å². The van der Waals surface area contributed by atoms with E-state index in [-0.39, 0.29) is 11.9 Å². The number of rotatable bonds is 4. The highest BCUT2D eigenvalue weighted by molar-refractivity contribution is 5.97. The fourth-order valence-electron chi connectivity index (χ4n) is 1.55. The van der Waals surface area contributed by atoms with Crippen molar-refractivity contribution in [3.63, 3.8) is 0 Å². The standard InChI is InChI=1S/C11H17N5/c1-6(2)15-11-9(10(12)13)14-5-8(16-11)7-3-4-7/h5-7H,3-4H2,1-2H3,(H3,12,13)(H,15,16). The average molecular weight is 219 g/mol. The molecule has 1 aliphatic carbocycles. The summed E-state index contributed by atoms with van der Waals surface area (Å²) in [5.41, 5.74) is 6.92. The second-order valence-corrected chi connectivity index (χ2v) is 4.48. The van der Waals surface area contributed by atoms with Crippen LogP contribution in [0.15, 0.2) is 6.20 Å². The summed E-state index contributed by atoms with van der Waals surface area (Å²) >= 11 is 0. The molecule has 1 fully saturated rings. The highest BCUT2D eigenvalue weighted by Crippen LogP contribution is 2.39. The molecule has 16 heavy (non-hydrogen) atoms. The van der Waals surface area contributed by atoms with Crippen molar-refractivity contribution < 1.29 is 0 Å². The van der Waals surface area contributed by atoms with E-state index in [2.05, 4.69) is 15.3 Å². The second kappa shape index (κ2) is 4.08.